The summed E-state index contributed by atoms with van der Waals surface area (Å²) in [4.78, 5) is 0. The molecule has 0 bridgehead atoms. The van der Waals surface area contributed by atoms with E-state index < -0.39 is 11.2 Å². The third-order valence-electron chi connectivity index (χ3n) is 7.49. The molecule has 1 fully saturated rings. The van der Waals surface area contributed by atoms with Crippen LogP contribution in [-0.2, 0) is 30.1 Å². The summed E-state index contributed by atoms with van der Waals surface area (Å²) in [5.74, 6) is 0. The Labute approximate surface area is 229 Å². The van der Waals surface area contributed by atoms with Crippen LogP contribution in [0.2, 0.25) is 0 Å². The molecular formula is C30H30Br2O4. The standard InChI is InChI=1S/C30H30Br2O4/c1-33-19-35-29(25-11-13-27(31)23-9-5-3-7-21(23)25)15-17-30(18-16-29,36-20-34-2)26-12-14-28(32)24-10-6-4-8-22(24)26/h3-14H,15-20H2,1-2H3. The van der Waals surface area contributed by atoms with E-state index in [-0.39, 0.29) is 13.6 Å². The predicted octanol–water partition coefficient (Wildman–Crippen LogP) is 8.42. The first-order chi connectivity index (χ1) is 17.5. The quantitative estimate of drug-likeness (QED) is 0.187. The molecule has 0 aliphatic heterocycles. The number of rotatable bonds is 8. The van der Waals surface area contributed by atoms with Gasteiger partial charge in [-0.2, -0.15) is 0 Å². The van der Waals surface area contributed by atoms with Crippen LogP contribution >= 0.6 is 31.9 Å². The Morgan fingerprint density at radius 3 is 1.28 bits per heavy atom. The van der Waals surface area contributed by atoms with Crippen LogP contribution in [0.25, 0.3) is 21.5 Å². The molecule has 5 rings (SSSR count). The molecule has 0 spiro atoms. The van der Waals surface area contributed by atoms with Crippen LogP contribution in [0.5, 0.6) is 0 Å². The fraction of sp³-hybridized carbons (Fsp3) is 0.333. The zero-order valence-electron chi connectivity index (χ0n) is 20.6. The molecule has 4 aromatic rings. The molecule has 4 nitrogen and oxygen atoms in total. The summed E-state index contributed by atoms with van der Waals surface area (Å²) in [6, 6.07) is 25.6. The van der Waals surface area contributed by atoms with Crippen molar-refractivity contribution in [3.05, 3.63) is 92.9 Å². The summed E-state index contributed by atoms with van der Waals surface area (Å²) in [5, 5.41) is 4.76. The first-order valence-corrected chi connectivity index (χ1v) is 13.7. The molecule has 0 radical (unpaired) electrons. The lowest BCUT2D eigenvalue weighted by atomic mass is 9.69. The second-order valence-corrected chi connectivity index (χ2v) is 11.1. The van der Waals surface area contributed by atoms with Crippen molar-refractivity contribution in [3.8, 4) is 0 Å². The largest absolute Gasteiger partial charge is 0.359 e. The Bertz CT molecular complexity index is 1260. The molecule has 0 aromatic heterocycles. The van der Waals surface area contributed by atoms with Crippen LogP contribution in [0.15, 0.2) is 81.7 Å². The Hall–Kier alpha value is -1.80. The minimum atomic E-state index is -0.485. The molecule has 0 saturated heterocycles. The van der Waals surface area contributed by atoms with Crippen LogP contribution in [0.3, 0.4) is 0 Å². The Kier molecular flexibility index (Phi) is 7.82. The van der Waals surface area contributed by atoms with Crippen molar-refractivity contribution in [3.63, 3.8) is 0 Å². The number of hydrogen-bond acceptors (Lipinski definition) is 4. The Balaban J connectivity index is 1.60. The van der Waals surface area contributed by atoms with Gasteiger partial charge in [0.2, 0.25) is 0 Å². The van der Waals surface area contributed by atoms with E-state index >= 15 is 0 Å². The summed E-state index contributed by atoms with van der Waals surface area (Å²) < 4.78 is 26.1. The van der Waals surface area contributed by atoms with Gasteiger partial charge in [0.25, 0.3) is 0 Å². The van der Waals surface area contributed by atoms with E-state index in [0.717, 1.165) is 34.6 Å². The lowest BCUT2D eigenvalue weighted by molar-refractivity contribution is -0.203. The molecule has 4 aromatic carbocycles. The van der Waals surface area contributed by atoms with Gasteiger partial charge in [-0.3, -0.25) is 0 Å². The van der Waals surface area contributed by atoms with Crippen LogP contribution < -0.4 is 0 Å². The Morgan fingerprint density at radius 2 is 0.917 bits per heavy atom. The number of benzene rings is 4. The van der Waals surface area contributed by atoms with E-state index in [2.05, 4.69) is 105 Å². The molecular weight excluding hydrogens is 584 g/mol. The van der Waals surface area contributed by atoms with Crippen molar-refractivity contribution in [2.24, 2.45) is 0 Å². The van der Waals surface area contributed by atoms with E-state index in [1.165, 1.54) is 32.7 Å². The lowest BCUT2D eigenvalue weighted by Crippen LogP contribution is -2.43. The minimum absolute atomic E-state index is 0.234. The van der Waals surface area contributed by atoms with E-state index in [9.17, 15) is 0 Å². The molecule has 0 atom stereocenters. The maximum atomic E-state index is 6.56. The van der Waals surface area contributed by atoms with Crippen LogP contribution in [0.1, 0.15) is 36.8 Å². The molecule has 0 unspecified atom stereocenters. The van der Waals surface area contributed by atoms with E-state index in [0.29, 0.717) is 0 Å². The predicted molar refractivity (Wildman–Crippen MR) is 151 cm³/mol. The van der Waals surface area contributed by atoms with Crippen molar-refractivity contribution in [2.45, 2.75) is 36.9 Å². The fourth-order valence-corrected chi connectivity index (χ4v) is 6.66. The monoisotopic (exact) mass is 612 g/mol. The third-order valence-corrected chi connectivity index (χ3v) is 8.88. The van der Waals surface area contributed by atoms with Gasteiger partial charge >= 0.3 is 0 Å². The maximum absolute atomic E-state index is 6.56. The number of hydrogen-bond donors (Lipinski definition) is 0. The van der Waals surface area contributed by atoms with E-state index in [1.54, 1.807) is 14.2 Å². The third kappa shape index (κ3) is 4.64. The van der Waals surface area contributed by atoms with Gasteiger partial charge in [-0.05, 0) is 70.5 Å². The van der Waals surface area contributed by atoms with Crippen molar-refractivity contribution in [1.82, 2.24) is 0 Å². The molecule has 1 saturated carbocycles. The average molecular weight is 614 g/mol. The lowest BCUT2D eigenvalue weighted by Gasteiger charge is -2.47. The second kappa shape index (κ2) is 10.9. The first-order valence-electron chi connectivity index (χ1n) is 12.1. The molecule has 1 aliphatic carbocycles. The van der Waals surface area contributed by atoms with Crippen molar-refractivity contribution >= 4 is 53.4 Å². The SMILES string of the molecule is COCOC1(c2ccc(Br)c3ccccc23)CCC(OCOC)(c2ccc(Br)c3ccccc23)CC1. The topological polar surface area (TPSA) is 36.9 Å². The van der Waals surface area contributed by atoms with Crippen molar-refractivity contribution < 1.29 is 18.9 Å². The number of methoxy groups -OCH3 is 2. The van der Waals surface area contributed by atoms with Gasteiger partial charge in [0, 0.05) is 23.2 Å². The first kappa shape index (κ1) is 25.8. The molecule has 0 N–H and O–H groups in total. The summed E-state index contributed by atoms with van der Waals surface area (Å²) >= 11 is 7.46. The maximum Gasteiger partial charge on any atom is 0.147 e. The van der Waals surface area contributed by atoms with Gasteiger partial charge in [-0.25, -0.2) is 0 Å². The minimum Gasteiger partial charge on any atom is -0.359 e. The number of fused-ring (bicyclic) bond motifs is 2. The van der Waals surface area contributed by atoms with Gasteiger partial charge in [-0.1, -0.05) is 92.5 Å². The smallest absolute Gasteiger partial charge is 0.147 e. The molecule has 0 amide bonds. The highest BCUT2D eigenvalue weighted by Gasteiger charge is 2.47. The van der Waals surface area contributed by atoms with Gasteiger partial charge in [-0.15, -0.1) is 0 Å². The van der Waals surface area contributed by atoms with Gasteiger partial charge < -0.3 is 18.9 Å². The molecule has 6 heteroatoms. The zero-order valence-corrected chi connectivity index (χ0v) is 23.7. The molecule has 188 valence electrons. The summed E-state index contributed by atoms with van der Waals surface area (Å²) in [7, 11) is 3.35. The highest BCUT2D eigenvalue weighted by molar-refractivity contribution is 9.11. The Morgan fingerprint density at radius 1 is 0.556 bits per heavy atom. The molecule has 36 heavy (non-hydrogen) atoms. The summed E-state index contributed by atoms with van der Waals surface area (Å²) in [6.07, 6.45) is 3.15. The summed E-state index contributed by atoms with van der Waals surface area (Å²) in [5.41, 5.74) is 1.42. The number of halogens is 2. The highest BCUT2D eigenvalue weighted by atomic mass is 79.9. The molecule has 1 aliphatic rings. The number of ether oxygens (including phenoxy) is 4. The van der Waals surface area contributed by atoms with E-state index in [1.807, 2.05) is 0 Å². The molecule has 0 heterocycles. The fourth-order valence-electron chi connectivity index (χ4n) is 5.70. The summed E-state index contributed by atoms with van der Waals surface area (Å²) in [6.45, 7) is 0.467. The zero-order chi connectivity index (χ0) is 25.2. The van der Waals surface area contributed by atoms with Gasteiger partial charge in [0.1, 0.15) is 13.6 Å². The van der Waals surface area contributed by atoms with Crippen LogP contribution in [0, 0.1) is 0 Å². The average Bonchev–Trinajstić information content (AvgIpc) is 2.92. The second-order valence-electron chi connectivity index (χ2n) is 9.37. The van der Waals surface area contributed by atoms with Crippen molar-refractivity contribution in [2.75, 3.05) is 27.8 Å². The normalized spacial score (nSPS) is 22.3. The van der Waals surface area contributed by atoms with Gasteiger partial charge in [0.05, 0.1) is 11.2 Å². The van der Waals surface area contributed by atoms with Crippen LogP contribution in [0.4, 0.5) is 0 Å². The van der Waals surface area contributed by atoms with E-state index in [4.69, 9.17) is 18.9 Å². The van der Waals surface area contributed by atoms with Crippen LogP contribution in [-0.4, -0.2) is 27.8 Å². The van der Waals surface area contributed by atoms with Gasteiger partial charge in [0.15, 0.2) is 0 Å². The van der Waals surface area contributed by atoms with Crippen molar-refractivity contribution in [1.29, 1.82) is 0 Å². The highest BCUT2D eigenvalue weighted by Crippen LogP contribution is 2.52.